The summed E-state index contributed by atoms with van der Waals surface area (Å²) in [7, 11) is 0. The highest BCUT2D eigenvalue weighted by atomic mass is 16.1. The third-order valence-electron chi connectivity index (χ3n) is 6.48. The van der Waals surface area contributed by atoms with Gasteiger partial charge < -0.3 is 10.6 Å². The molecule has 1 saturated heterocycles. The molecule has 3 aromatic rings. The zero-order valence-electron chi connectivity index (χ0n) is 17.4. The van der Waals surface area contributed by atoms with Gasteiger partial charge in [-0.2, -0.15) is 0 Å². The van der Waals surface area contributed by atoms with E-state index in [-0.39, 0.29) is 5.91 Å². The second kappa shape index (κ2) is 9.27. The Balaban J connectivity index is 1.53. The van der Waals surface area contributed by atoms with Gasteiger partial charge in [-0.15, -0.1) is 0 Å². The van der Waals surface area contributed by atoms with E-state index in [0.717, 1.165) is 50.0 Å². The summed E-state index contributed by atoms with van der Waals surface area (Å²) < 4.78 is 0. The van der Waals surface area contributed by atoms with Crippen LogP contribution in [0, 0.1) is 5.92 Å². The monoisotopic (exact) mass is 398 g/mol. The average Bonchev–Trinajstić information content (AvgIpc) is 3.25. The van der Waals surface area contributed by atoms with Gasteiger partial charge in [-0.1, -0.05) is 91.0 Å². The SMILES string of the molecule is NC(=O)C(CC1CCN(CCc2ccccc2)C1)(c1ccccc1)c1ccccc1. The third-order valence-corrected chi connectivity index (χ3v) is 6.48. The molecule has 1 aliphatic heterocycles. The van der Waals surface area contributed by atoms with E-state index in [1.165, 1.54) is 5.56 Å². The lowest BCUT2D eigenvalue weighted by atomic mass is 9.68. The molecule has 3 nitrogen and oxygen atoms in total. The Kier molecular flexibility index (Phi) is 6.29. The Morgan fingerprint density at radius 1 is 0.867 bits per heavy atom. The van der Waals surface area contributed by atoms with Gasteiger partial charge in [0, 0.05) is 13.1 Å². The van der Waals surface area contributed by atoms with Gasteiger partial charge in [0.2, 0.25) is 5.91 Å². The van der Waals surface area contributed by atoms with E-state index in [1.807, 2.05) is 60.7 Å². The fraction of sp³-hybridized carbons (Fsp3) is 0.296. The first kappa shape index (κ1) is 20.4. The smallest absolute Gasteiger partial charge is 0.232 e. The number of benzene rings is 3. The van der Waals surface area contributed by atoms with Gasteiger partial charge in [-0.05, 0) is 48.4 Å². The molecule has 3 aromatic carbocycles. The van der Waals surface area contributed by atoms with E-state index in [1.54, 1.807) is 0 Å². The molecule has 0 saturated carbocycles. The van der Waals surface area contributed by atoms with Gasteiger partial charge in [0.15, 0.2) is 0 Å². The number of likely N-dealkylation sites (tertiary alicyclic amines) is 1. The molecule has 0 spiro atoms. The van der Waals surface area contributed by atoms with Crippen molar-refractivity contribution < 1.29 is 4.79 Å². The maximum Gasteiger partial charge on any atom is 0.232 e. The second-order valence-electron chi connectivity index (χ2n) is 8.40. The predicted octanol–water partition coefficient (Wildman–Crippen LogP) is 4.41. The number of amides is 1. The minimum atomic E-state index is -0.789. The van der Waals surface area contributed by atoms with Gasteiger partial charge in [-0.3, -0.25) is 4.79 Å². The van der Waals surface area contributed by atoms with Crippen LogP contribution < -0.4 is 5.73 Å². The van der Waals surface area contributed by atoms with Gasteiger partial charge in [-0.25, -0.2) is 0 Å². The minimum Gasteiger partial charge on any atom is -0.369 e. The van der Waals surface area contributed by atoms with E-state index >= 15 is 0 Å². The van der Waals surface area contributed by atoms with Crippen LogP contribution in [0.1, 0.15) is 29.5 Å². The van der Waals surface area contributed by atoms with Crippen LogP contribution in [-0.4, -0.2) is 30.4 Å². The Bertz CT molecular complexity index is 901. The van der Waals surface area contributed by atoms with E-state index in [4.69, 9.17) is 5.73 Å². The summed E-state index contributed by atoms with van der Waals surface area (Å²) in [5.41, 5.74) is 8.70. The Morgan fingerprint density at radius 2 is 1.40 bits per heavy atom. The van der Waals surface area contributed by atoms with Crippen molar-refractivity contribution in [2.45, 2.75) is 24.7 Å². The molecular weight excluding hydrogens is 368 g/mol. The van der Waals surface area contributed by atoms with Crippen LogP contribution in [0.2, 0.25) is 0 Å². The first-order valence-corrected chi connectivity index (χ1v) is 10.9. The number of carbonyl (C=O) groups excluding carboxylic acids is 1. The first-order valence-electron chi connectivity index (χ1n) is 10.9. The number of carbonyl (C=O) groups is 1. The maximum atomic E-state index is 13.0. The Labute approximate surface area is 179 Å². The maximum absolute atomic E-state index is 13.0. The van der Waals surface area contributed by atoms with Crippen LogP contribution in [0.15, 0.2) is 91.0 Å². The quantitative estimate of drug-likeness (QED) is 0.611. The Morgan fingerprint density at radius 3 is 1.93 bits per heavy atom. The fourth-order valence-corrected chi connectivity index (χ4v) is 4.88. The van der Waals surface area contributed by atoms with Gasteiger partial charge >= 0.3 is 0 Å². The van der Waals surface area contributed by atoms with Crippen molar-refractivity contribution in [1.29, 1.82) is 0 Å². The second-order valence-corrected chi connectivity index (χ2v) is 8.40. The molecule has 0 aromatic heterocycles. The van der Waals surface area contributed by atoms with Gasteiger partial charge in [0.25, 0.3) is 0 Å². The molecule has 4 rings (SSSR count). The van der Waals surface area contributed by atoms with E-state index < -0.39 is 5.41 Å². The number of hydrogen-bond acceptors (Lipinski definition) is 2. The molecule has 1 amide bonds. The molecule has 0 aliphatic carbocycles. The van der Waals surface area contributed by atoms with Crippen molar-refractivity contribution in [2.75, 3.05) is 19.6 Å². The molecule has 1 heterocycles. The van der Waals surface area contributed by atoms with Crippen LogP contribution in [0.4, 0.5) is 0 Å². The normalized spacial score (nSPS) is 17.1. The van der Waals surface area contributed by atoms with Crippen molar-refractivity contribution in [3.63, 3.8) is 0 Å². The molecule has 1 unspecified atom stereocenters. The molecule has 1 fully saturated rings. The van der Waals surface area contributed by atoms with Gasteiger partial charge in [0.05, 0.1) is 5.41 Å². The summed E-state index contributed by atoms with van der Waals surface area (Å²) in [6, 6.07) is 30.8. The summed E-state index contributed by atoms with van der Waals surface area (Å²) in [5, 5.41) is 0. The van der Waals surface area contributed by atoms with Crippen LogP contribution >= 0.6 is 0 Å². The van der Waals surface area contributed by atoms with Crippen molar-refractivity contribution in [3.05, 3.63) is 108 Å². The third kappa shape index (κ3) is 4.31. The van der Waals surface area contributed by atoms with Crippen LogP contribution in [-0.2, 0) is 16.6 Å². The largest absolute Gasteiger partial charge is 0.369 e. The van der Waals surface area contributed by atoms with E-state index in [2.05, 4.69) is 35.2 Å². The highest BCUT2D eigenvalue weighted by Crippen LogP contribution is 2.40. The summed E-state index contributed by atoms with van der Waals surface area (Å²) in [4.78, 5) is 15.5. The zero-order chi connectivity index (χ0) is 20.8. The summed E-state index contributed by atoms with van der Waals surface area (Å²) in [6.45, 7) is 3.15. The van der Waals surface area contributed by atoms with Crippen molar-refractivity contribution in [1.82, 2.24) is 4.90 Å². The number of nitrogens with zero attached hydrogens (tertiary/aromatic N) is 1. The van der Waals surface area contributed by atoms with Crippen LogP contribution in [0.3, 0.4) is 0 Å². The lowest BCUT2D eigenvalue weighted by molar-refractivity contribution is -0.122. The molecule has 0 bridgehead atoms. The lowest BCUT2D eigenvalue weighted by Gasteiger charge is -2.34. The number of nitrogens with two attached hydrogens (primary N) is 1. The lowest BCUT2D eigenvalue weighted by Crippen LogP contribution is -2.44. The molecule has 1 atom stereocenters. The van der Waals surface area contributed by atoms with Crippen molar-refractivity contribution in [2.24, 2.45) is 11.7 Å². The first-order chi connectivity index (χ1) is 14.7. The molecule has 154 valence electrons. The van der Waals surface area contributed by atoms with E-state index in [9.17, 15) is 4.79 Å². The van der Waals surface area contributed by atoms with Crippen molar-refractivity contribution in [3.8, 4) is 0 Å². The average molecular weight is 399 g/mol. The molecular formula is C27H30N2O. The molecule has 2 N–H and O–H groups in total. The van der Waals surface area contributed by atoms with E-state index in [0.29, 0.717) is 5.92 Å². The topological polar surface area (TPSA) is 46.3 Å². The van der Waals surface area contributed by atoms with Crippen LogP contribution in [0.25, 0.3) is 0 Å². The molecule has 30 heavy (non-hydrogen) atoms. The standard InChI is InChI=1S/C27H30N2O/c28-26(30)27(24-12-6-2-7-13-24,25-14-8-3-9-15-25)20-23-17-19-29(21-23)18-16-22-10-4-1-5-11-22/h1-15,23H,16-21H2,(H2,28,30). The zero-order valence-corrected chi connectivity index (χ0v) is 17.4. The molecule has 1 aliphatic rings. The van der Waals surface area contributed by atoms with Crippen LogP contribution in [0.5, 0.6) is 0 Å². The molecule has 3 heteroatoms. The highest BCUT2D eigenvalue weighted by Gasteiger charge is 2.43. The number of hydrogen-bond donors (Lipinski definition) is 1. The number of primary amides is 1. The predicted molar refractivity (Wildman–Crippen MR) is 122 cm³/mol. The summed E-state index contributed by atoms with van der Waals surface area (Å²) >= 11 is 0. The minimum absolute atomic E-state index is 0.261. The molecule has 0 radical (unpaired) electrons. The highest BCUT2D eigenvalue weighted by molar-refractivity contribution is 5.90. The number of rotatable bonds is 8. The Hall–Kier alpha value is -2.91. The fourth-order valence-electron chi connectivity index (χ4n) is 4.88. The van der Waals surface area contributed by atoms with Gasteiger partial charge in [0.1, 0.15) is 0 Å². The van der Waals surface area contributed by atoms with Crippen molar-refractivity contribution >= 4 is 5.91 Å². The summed E-state index contributed by atoms with van der Waals surface area (Å²) in [6.07, 6.45) is 2.91. The summed E-state index contributed by atoms with van der Waals surface area (Å²) in [5.74, 6) is 0.177.